The van der Waals surface area contributed by atoms with Crippen molar-refractivity contribution in [1.82, 2.24) is 9.80 Å². The Morgan fingerprint density at radius 2 is 1.85 bits per heavy atom. The van der Waals surface area contributed by atoms with Gasteiger partial charge in [-0.1, -0.05) is 19.8 Å². The maximum atomic E-state index is 12.9. The average molecular weight is 372 g/mol. The fourth-order valence-corrected chi connectivity index (χ4v) is 3.93. The molecule has 2 aliphatic rings. The number of Topliss-reactive ketones (excluding diaryl/α,β-unsaturated/α-hetero) is 1. The van der Waals surface area contributed by atoms with Crippen LogP contribution >= 0.6 is 0 Å². The van der Waals surface area contributed by atoms with Crippen molar-refractivity contribution in [2.75, 3.05) is 7.11 Å². The number of amides is 4. The van der Waals surface area contributed by atoms with Gasteiger partial charge in [0.05, 0.1) is 13.7 Å². The minimum Gasteiger partial charge on any atom is -0.496 e. The van der Waals surface area contributed by atoms with Crippen LogP contribution in [0.5, 0.6) is 5.75 Å². The van der Waals surface area contributed by atoms with Crippen molar-refractivity contribution >= 4 is 23.6 Å². The van der Waals surface area contributed by atoms with E-state index in [9.17, 15) is 19.2 Å². The van der Waals surface area contributed by atoms with Crippen LogP contribution in [0.2, 0.25) is 0 Å². The van der Waals surface area contributed by atoms with Gasteiger partial charge in [-0.25, -0.2) is 4.79 Å². The number of ketones is 1. The number of hydrogen-bond acceptors (Lipinski definition) is 5. The molecule has 7 heteroatoms. The minimum absolute atomic E-state index is 0.106. The lowest BCUT2D eigenvalue weighted by Gasteiger charge is -2.34. The Bertz CT molecular complexity index is 804. The van der Waals surface area contributed by atoms with E-state index >= 15 is 0 Å². The zero-order valence-electron chi connectivity index (χ0n) is 15.9. The summed E-state index contributed by atoms with van der Waals surface area (Å²) < 4.78 is 5.29. The topological polar surface area (TPSA) is 84.0 Å². The highest BCUT2D eigenvalue weighted by Crippen LogP contribution is 2.32. The summed E-state index contributed by atoms with van der Waals surface area (Å²) in [5.41, 5.74) is 0.965. The van der Waals surface area contributed by atoms with E-state index in [-0.39, 0.29) is 24.3 Å². The van der Waals surface area contributed by atoms with Gasteiger partial charge in [0.1, 0.15) is 5.75 Å². The summed E-state index contributed by atoms with van der Waals surface area (Å²) in [6.07, 6.45) is 3.67. The highest BCUT2D eigenvalue weighted by Gasteiger charge is 2.49. The maximum Gasteiger partial charge on any atom is 0.334 e. The molecule has 4 amide bonds. The summed E-state index contributed by atoms with van der Waals surface area (Å²) in [6, 6.07) is 4.02. The fourth-order valence-electron chi connectivity index (χ4n) is 3.93. The maximum absolute atomic E-state index is 12.9. The van der Waals surface area contributed by atoms with Gasteiger partial charge in [-0.3, -0.25) is 24.2 Å². The molecule has 1 aliphatic carbocycles. The number of carbonyl (C=O) groups is 4. The SMILES string of the molecule is COc1ccc(C(C)=O)cc1CN1C(=O)C(=O)N(C2CCCCC2C)C1=O. The molecule has 1 aliphatic heterocycles. The van der Waals surface area contributed by atoms with Crippen LogP contribution in [-0.2, 0) is 16.1 Å². The Labute approximate surface area is 158 Å². The van der Waals surface area contributed by atoms with E-state index in [1.165, 1.54) is 14.0 Å². The quantitative estimate of drug-likeness (QED) is 0.451. The minimum atomic E-state index is -0.826. The number of methoxy groups -OCH3 is 1. The first-order valence-corrected chi connectivity index (χ1v) is 9.22. The van der Waals surface area contributed by atoms with Gasteiger partial charge in [-0.15, -0.1) is 0 Å². The standard InChI is InChI=1S/C20H24N2O5/c1-12-6-4-5-7-16(12)22-19(25)18(24)21(20(22)26)11-15-10-14(13(2)23)8-9-17(15)27-3/h8-10,12,16H,4-7,11H2,1-3H3. The van der Waals surface area contributed by atoms with Crippen molar-refractivity contribution in [3.63, 3.8) is 0 Å². The van der Waals surface area contributed by atoms with Crippen LogP contribution in [0, 0.1) is 5.92 Å². The van der Waals surface area contributed by atoms with Gasteiger partial charge < -0.3 is 4.74 Å². The summed E-state index contributed by atoms with van der Waals surface area (Å²) in [5.74, 6) is -1.09. The predicted octanol–water partition coefficient (Wildman–Crippen LogP) is 2.77. The van der Waals surface area contributed by atoms with Crippen LogP contribution in [-0.4, -0.2) is 46.6 Å². The smallest absolute Gasteiger partial charge is 0.334 e. The van der Waals surface area contributed by atoms with Gasteiger partial charge >= 0.3 is 17.8 Å². The lowest BCUT2D eigenvalue weighted by molar-refractivity contribution is -0.144. The Hall–Kier alpha value is -2.70. The van der Waals surface area contributed by atoms with Gasteiger partial charge in [0.15, 0.2) is 5.78 Å². The molecule has 1 saturated heterocycles. The van der Waals surface area contributed by atoms with Gasteiger partial charge in [0.25, 0.3) is 0 Å². The number of rotatable bonds is 5. The van der Waals surface area contributed by atoms with Gasteiger partial charge in [0, 0.05) is 17.2 Å². The molecule has 7 nitrogen and oxygen atoms in total. The zero-order valence-corrected chi connectivity index (χ0v) is 15.9. The van der Waals surface area contributed by atoms with E-state index < -0.39 is 17.8 Å². The van der Waals surface area contributed by atoms with Crippen LogP contribution in [0.3, 0.4) is 0 Å². The van der Waals surface area contributed by atoms with Crippen LogP contribution in [0.4, 0.5) is 4.79 Å². The molecule has 1 heterocycles. The van der Waals surface area contributed by atoms with E-state index in [0.717, 1.165) is 35.5 Å². The monoisotopic (exact) mass is 372 g/mol. The zero-order chi connectivity index (χ0) is 19.7. The molecule has 1 saturated carbocycles. The lowest BCUT2D eigenvalue weighted by atomic mass is 9.85. The molecule has 0 aromatic heterocycles. The molecule has 0 spiro atoms. The molecule has 0 radical (unpaired) electrons. The van der Waals surface area contributed by atoms with Crippen LogP contribution < -0.4 is 4.74 Å². The number of hydrogen-bond donors (Lipinski definition) is 0. The first kappa shape index (κ1) is 19.1. The largest absolute Gasteiger partial charge is 0.496 e. The van der Waals surface area contributed by atoms with Crippen molar-refractivity contribution < 1.29 is 23.9 Å². The fraction of sp³-hybridized carbons (Fsp3) is 0.500. The molecular formula is C20H24N2O5. The molecule has 1 aromatic carbocycles. The highest BCUT2D eigenvalue weighted by atomic mass is 16.5. The van der Waals surface area contributed by atoms with E-state index in [1.807, 2.05) is 6.92 Å². The van der Waals surface area contributed by atoms with E-state index in [0.29, 0.717) is 16.9 Å². The first-order valence-electron chi connectivity index (χ1n) is 9.22. The summed E-state index contributed by atoms with van der Waals surface area (Å²) in [4.78, 5) is 51.7. The Morgan fingerprint density at radius 3 is 2.48 bits per heavy atom. The predicted molar refractivity (Wildman–Crippen MR) is 97.2 cm³/mol. The first-order chi connectivity index (χ1) is 12.8. The number of benzene rings is 1. The molecule has 27 heavy (non-hydrogen) atoms. The van der Waals surface area contributed by atoms with Crippen molar-refractivity contribution in [1.29, 1.82) is 0 Å². The Morgan fingerprint density at radius 1 is 1.15 bits per heavy atom. The molecule has 2 unspecified atom stereocenters. The van der Waals surface area contributed by atoms with Crippen LogP contribution in [0.25, 0.3) is 0 Å². The number of ether oxygens (including phenoxy) is 1. The van der Waals surface area contributed by atoms with Crippen LogP contribution in [0.15, 0.2) is 18.2 Å². The van der Waals surface area contributed by atoms with E-state index in [4.69, 9.17) is 4.74 Å². The second-order valence-electron chi connectivity index (χ2n) is 7.26. The van der Waals surface area contributed by atoms with Gasteiger partial charge in [-0.2, -0.15) is 0 Å². The number of imide groups is 2. The Kier molecular flexibility index (Phi) is 5.30. The van der Waals surface area contributed by atoms with Crippen molar-refractivity contribution in [3.05, 3.63) is 29.3 Å². The van der Waals surface area contributed by atoms with Crippen molar-refractivity contribution in [2.45, 2.75) is 52.1 Å². The molecule has 1 aromatic rings. The summed E-state index contributed by atoms with van der Waals surface area (Å²) in [5, 5.41) is 0. The third-order valence-corrected chi connectivity index (χ3v) is 5.50. The highest BCUT2D eigenvalue weighted by molar-refractivity contribution is 6.44. The third kappa shape index (κ3) is 3.46. The molecule has 0 bridgehead atoms. The average Bonchev–Trinajstić information content (AvgIpc) is 2.85. The van der Waals surface area contributed by atoms with E-state index in [1.54, 1.807) is 18.2 Å². The number of nitrogens with zero attached hydrogens (tertiary/aromatic N) is 2. The summed E-state index contributed by atoms with van der Waals surface area (Å²) in [7, 11) is 1.47. The Balaban J connectivity index is 1.88. The normalized spacial score (nSPS) is 23.1. The molecule has 3 rings (SSSR count). The summed E-state index contributed by atoms with van der Waals surface area (Å²) >= 11 is 0. The molecule has 2 fully saturated rings. The number of urea groups is 1. The van der Waals surface area contributed by atoms with E-state index in [2.05, 4.69) is 0 Å². The third-order valence-electron chi connectivity index (χ3n) is 5.50. The molecular weight excluding hydrogens is 348 g/mol. The molecule has 0 N–H and O–H groups in total. The van der Waals surface area contributed by atoms with Gasteiger partial charge in [0.2, 0.25) is 0 Å². The molecule has 144 valence electrons. The van der Waals surface area contributed by atoms with Crippen molar-refractivity contribution in [2.24, 2.45) is 5.92 Å². The molecule has 2 atom stereocenters. The van der Waals surface area contributed by atoms with Crippen LogP contribution in [0.1, 0.15) is 55.5 Å². The van der Waals surface area contributed by atoms with Gasteiger partial charge in [-0.05, 0) is 43.9 Å². The summed E-state index contributed by atoms with van der Waals surface area (Å²) in [6.45, 7) is 3.34. The lowest BCUT2D eigenvalue weighted by Crippen LogP contribution is -2.46. The second kappa shape index (κ2) is 7.50. The van der Waals surface area contributed by atoms with Crippen molar-refractivity contribution in [3.8, 4) is 5.75 Å². The number of carbonyl (C=O) groups excluding carboxylic acids is 4. The second-order valence-corrected chi connectivity index (χ2v) is 7.26.